The number of rotatable bonds is 6. The van der Waals surface area contributed by atoms with Crippen molar-refractivity contribution in [3.05, 3.63) is 94.5 Å². The maximum absolute atomic E-state index is 9.15. The Morgan fingerprint density at radius 2 is 1.87 bits per heavy atom. The van der Waals surface area contributed by atoms with Gasteiger partial charge >= 0.3 is 0 Å². The van der Waals surface area contributed by atoms with E-state index >= 15 is 0 Å². The van der Waals surface area contributed by atoms with Crippen LogP contribution in [0.1, 0.15) is 23.7 Å². The minimum Gasteiger partial charge on any atom is -0.491 e. The first-order valence-electron chi connectivity index (χ1n) is 9.80. The summed E-state index contributed by atoms with van der Waals surface area (Å²) in [5, 5.41) is 13.9. The second-order valence-electron chi connectivity index (χ2n) is 6.79. The molecule has 0 atom stereocenters. The quantitative estimate of drug-likeness (QED) is 0.408. The van der Waals surface area contributed by atoms with Gasteiger partial charge in [0.2, 0.25) is 0 Å². The predicted molar refractivity (Wildman–Crippen MR) is 121 cm³/mol. The Balaban J connectivity index is 1.61. The number of hydrogen-bond donors (Lipinski definition) is 0. The van der Waals surface area contributed by atoms with Crippen molar-refractivity contribution in [3.63, 3.8) is 0 Å². The fraction of sp³-hybridized carbons (Fsp3) is 0.125. The molecule has 31 heavy (non-hydrogen) atoms. The van der Waals surface area contributed by atoms with Crippen LogP contribution in [-0.2, 0) is 6.42 Å². The maximum Gasteiger partial charge on any atom is 0.159 e. The lowest BCUT2D eigenvalue weighted by molar-refractivity contribution is 0.337. The monoisotopic (exact) mass is 425 g/mol. The second-order valence-corrected chi connectivity index (χ2v) is 7.23. The fourth-order valence-corrected chi connectivity index (χ4v) is 3.33. The van der Waals surface area contributed by atoms with Gasteiger partial charge in [-0.25, -0.2) is 14.6 Å². The molecule has 0 aliphatic heterocycles. The SMILES string of the molecule is CCOc1cnc(-c2cccc(Cc3nn(-c4cccc(C#N)c4)ccc3=S)c2)nc1. The summed E-state index contributed by atoms with van der Waals surface area (Å²) in [5.74, 6) is 1.28. The number of benzene rings is 2. The minimum atomic E-state index is 0.572. The first-order valence-corrected chi connectivity index (χ1v) is 10.2. The van der Waals surface area contributed by atoms with Gasteiger partial charge in [-0.2, -0.15) is 10.4 Å². The third-order valence-corrected chi connectivity index (χ3v) is 4.99. The van der Waals surface area contributed by atoms with Crippen molar-refractivity contribution >= 4 is 12.2 Å². The summed E-state index contributed by atoms with van der Waals surface area (Å²) in [6.07, 6.45) is 5.74. The lowest BCUT2D eigenvalue weighted by Gasteiger charge is -2.09. The standard InChI is InChI=1S/C24H19N5OS/c1-2-30-21-15-26-24(27-16-21)19-7-3-5-17(11-19)13-22-23(31)9-10-29(28-22)20-8-4-6-18(12-20)14-25/h3-12,15-16H,2,13H2,1H3. The largest absolute Gasteiger partial charge is 0.491 e. The van der Waals surface area contributed by atoms with E-state index in [2.05, 4.69) is 16.0 Å². The molecule has 0 aliphatic rings. The summed E-state index contributed by atoms with van der Waals surface area (Å²) in [7, 11) is 0. The molecule has 0 amide bonds. The highest BCUT2D eigenvalue weighted by Crippen LogP contribution is 2.20. The van der Waals surface area contributed by atoms with Crippen LogP contribution in [0.5, 0.6) is 5.75 Å². The zero-order valence-corrected chi connectivity index (χ0v) is 17.7. The van der Waals surface area contributed by atoms with Gasteiger partial charge in [0, 0.05) is 18.2 Å². The van der Waals surface area contributed by atoms with Crippen molar-refractivity contribution in [3.8, 4) is 28.9 Å². The van der Waals surface area contributed by atoms with Crippen LogP contribution < -0.4 is 4.74 Å². The van der Waals surface area contributed by atoms with E-state index in [1.807, 2.05) is 55.6 Å². The van der Waals surface area contributed by atoms with Crippen LogP contribution in [0.3, 0.4) is 0 Å². The van der Waals surface area contributed by atoms with Crippen molar-refractivity contribution in [2.75, 3.05) is 6.61 Å². The molecule has 0 radical (unpaired) electrons. The summed E-state index contributed by atoms with van der Waals surface area (Å²) in [5.41, 5.74) is 4.14. The van der Waals surface area contributed by atoms with Gasteiger partial charge in [0.25, 0.3) is 0 Å². The molecule has 4 aromatic rings. The molecular formula is C24H19N5OS. The van der Waals surface area contributed by atoms with Crippen molar-refractivity contribution in [2.24, 2.45) is 0 Å². The first-order chi connectivity index (χ1) is 15.2. The van der Waals surface area contributed by atoms with Crippen LogP contribution in [0.2, 0.25) is 0 Å². The van der Waals surface area contributed by atoms with Gasteiger partial charge in [-0.1, -0.05) is 36.5 Å². The van der Waals surface area contributed by atoms with Gasteiger partial charge in [0.05, 0.1) is 46.5 Å². The Hall–Kier alpha value is -3.89. The number of hydrogen-bond acceptors (Lipinski definition) is 6. The van der Waals surface area contributed by atoms with Gasteiger partial charge in [-0.3, -0.25) is 0 Å². The van der Waals surface area contributed by atoms with Crippen molar-refractivity contribution in [1.82, 2.24) is 19.7 Å². The number of ether oxygens (including phenoxy) is 1. The molecule has 0 N–H and O–H groups in total. The molecule has 4 rings (SSSR count). The first kappa shape index (κ1) is 20.4. The summed E-state index contributed by atoms with van der Waals surface area (Å²) in [6.45, 7) is 2.50. The highest BCUT2D eigenvalue weighted by Gasteiger charge is 2.07. The topological polar surface area (TPSA) is 76.6 Å². The van der Waals surface area contributed by atoms with Crippen LogP contribution >= 0.6 is 12.2 Å². The molecule has 0 spiro atoms. The zero-order chi connectivity index (χ0) is 21.6. The molecular weight excluding hydrogens is 406 g/mol. The lowest BCUT2D eigenvalue weighted by Crippen LogP contribution is -2.05. The van der Waals surface area contributed by atoms with Crippen molar-refractivity contribution < 1.29 is 4.74 Å². The molecule has 0 aliphatic carbocycles. The smallest absolute Gasteiger partial charge is 0.159 e. The van der Waals surface area contributed by atoms with Gasteiger partial charge < -0.3 is 4.74 Å². The molecule has 2 aromatic carbocycles. The second kappa shape index (κ2) is 9.28. The fourth-order valence-electron chi connectivity index (χ4n) is 3.15. The summed E-state index contributed by atoms with van der Waals surface area (Å²) in [6, 6.07) is 19.3. The number of nitriles is 1. The molecule has 0 saturated heterocycles. The molecule has 0 fully saturated rings. The van der Waals surface area contributed by atoms with E-state index in [-0.39, 0.29) is 0 Å². The van der Waals surface area contributed by atoms with Crippen LogP contribution in [0, 0.1) is 15.8 Å². The highest BCUT2D eigenvalue weighted by molar-refractivity contribution is 7.71. The van der Waals surface area contributed by atoms with Crippen LogP contribution in [-0.4, -0.2) is 26.4 Å². The van der Waals surface area contributed by atoms with Gasteiger partial charge in [0.1, 0.15) is 0 Å². The Morgan fingerprint density at radius 3 is 2.65 bits per heavy atom. The summed E-state index contributed by atoms with van der Waals surface area (Å²) < 4.78 is 7.84. The van der Waals surface area contributed by atoms with Gasteiger partial charge in [-0.15, -0.1) is 0 Å². The predicted octanol–water partition coefficient (Wildman–Crippen LogP) is 4.92. The Bertz CT molecular complexity index is 1310. The number of aromatic nitrogens is 4. The average molecular weight is 426 g/mol. The van der Waals surface area contributed by atoms with E-state index in [0.29, 0.717) is 34.7 Å². The van der Waals surface area contributed by atoms with E-state index in [9.17, 15) is 0 Å². The third-order valence-electron chi connectivity index (χ3n) is 4.62. The van der Waals surface area contributed by atoms with E-state index in [1.54, 1.807) is 29.2 Å². The van der Waals surface area contributed by atoms with Crippen LogP contribution in [0.15, 0.2) is 73.2 Å². The van der Waals surface area contributed by atoms with E-state index in [4.69, 9.17) is 27.3 Å². The molecule has 152 valence electrons. The molecule has 2 heterocycles. The summed E-state index contributed by atoms with van der Waals surface area (Å²) >= 11 is 5.51. The molecule has 0 bridgehead atoms. The average Bonchev–Trinajstić information content (AvgIpc) is 2.81. The Labute approximate surface area is 185 Å². The zero-order valence-electron chi connectivity index (χ0n) is 16.9. The lowest BCUT2D eigenvalue weighted by atomic mass is 10.1. The molecule has 7 heteroatoms. The van der Waals surface area contributed by atoms with Crippen molar-refractivity contribution in [1.29, 1.82) is 5.26 Å². The third kappa shape index (κ3) is 4.82. The molecule has 0 unspecified atom stereocenters. The van der Waals surface area contributed by atoms with E-state index in [1.165, 1.54) is 0 Å². The van der Waals surface area contributed by atoms with Crippen LogP contribution in [0.4, 0.5) is 0 Å². The van der Waals surface area contributed by atoms with Crippen LogP contribution in [0.25, 0.3) is 17.1 Å². The highest BCUT2D eigenvalue weighted by atomic mass is 32.1. The minimum absolute atomic E-state index is 0.572. The van der Waals surface area contributed by atoms with E-state index in [0.717, 1.165) is 22.5 Å². The Morgan fingerprint density at radius 1 is 1.06 bits per heavy atom. The maximum atomic E-state index is 9.15. The molecule has 0 saturated carbocycles. The summed E-state index contributed by atoms with van der Waals surface area (Å²) in [4.78, 5) is 8.80. The molecule has 2 aromatic heterocycles. The van der Waals surface area contributed by atoms with E-state index < -0.39 is 0 Å². The van der Waals surface area contributed by atoms with Gasteiger partial charge in [0.15, 0.2) is 11.6 Å². The number of nitrogens with zero attached hydrogens (tertiary/aromatic N) is 5. The molecule has 6 nitrogen and oxygen atoms in total. The Kier molecular flexibility index (Phi) is 6.11. The normalized spacial score (nSPS) is 10.5. The van der Waals surface area contributed by atoms with Gasteiger partial charge in [-0.05, 0) is 42.8 Å². The van der Waals surface area contributed by atoms with Crippen molar-refractivity contribution in [2.45, 2.75) is 13.3 Å².